The van der Waals surface area contributed by atoms with Crippen LogP contribution in [-0.2, 0) is 0 Å². The van der Waals surface area contributed by atoms with E-state index in [4.69, 9.17) is 4.74 Å². The molecule has 0 aromatic heterocycles. The Hall–Kier alpha value is -1.75. The SMILES string of the molecule is COc1cc(C)ccc1C(=O)c1c(F)ccc(Br)c1F. The lowest BCUT2D eigenvalue weighted by Gasteiger charge is -2.10. The molecule has 0 saturated heterocycles. The van der Waals surface area contributed by atoms with E-state index in [9.17, 15) is 13.6 Å². The van der Waals surface area contributed by atoms with Crippen molar-refractivity contribution in [3.63, 3.8) is 0 Å². The third-order valence-electron chi connectivity index (χ3n) is 2.87. The second kappa shape index (κ2) is 5.71. The molecular formula is C15H11BrF2O2. The van der Waals surface area contributed by atoms with Gasteiger partial charge in [-0.05, 0) is 52.7 Å². The Morgan fingerprint density at radius 3 is 2.55 bits per heavy atom. The lowest BCUT2D eigenvalue weighted by Crippen LogP contribution is -2.09. The summed E-state index contributed by atoms with van der Waals surface area (Å²) in [7, 11) is 1.40. The number of hydrogen-bond donors (Lipinski definition) is 0. The lowest BCUT2D eigenvalue weighted by atomic mass is 10.00. The third kappa shape index (κ3) is 2.58. The van der Waals surface area contributed by atoms with E-state index in [0.717, 1.165) is 11.6 Å². The highest BCUT2D eigenvalue weighted by molar-refractivity contribution is 9.10. The molecule has 0 aliphatic rings. The molecule has 2 aromatic carbocycles. The van der Waals surface area contributed by atoms with Crippen molar-refractivity contribution < 1.29 is 18.3 Å². The second-order valence-corrected chi connectivity index (χ2v) is 5.11. The van der Waals surface area contributed by atoms with Crippen molar-refractivity contribution in [1.82, 2.24) is 0 Å². The van der Waals surface area contributed by atoms with Crippen LogP contribution in [-0.4, -0.2) is 12.9 Å². The molecule has 0 radical (unpaired) electrons. The Balaban J connectivity index is 2.61. The van der Waals surface area contributed by atoms with E-state index in [1.54, 1.807) is 12.1 Å². The van der Waals surface area contributed by atoms with Crippen molar-refractivity contribution >= 4 is 21.7 Å². The van der Waals surface area contributed by atoms with Crippen LogP contribution in [0.3, 0.4) is 0 Å². The summed E-state index contributed by atoms with van der Waals surface area (Å²) < 4.78 is 32.9. The van der Waals surface area contributed by atoms with Crippen LogP contribution in [0.15, 0.2) is 34.8 Å². The Morgan fingerprint density at radius 2 is 1.90 bits per heavy atom. The highest BCUT2D eigenvalue weighted by Crippen LogP contribution is 2.28. The summed E-state index contributed by atoms with van der Waals surface area (Å²) in [6.07, 6.45) is 0. The molecule has 20 heavy (non-hydrogen) atoms. The molecule has 0 unspecified atom stereocenters. The first-order valence-electron chi connectivity index (χ1n) is 5.78. The van der Waals surface area contributed by atoms with E-state index in [2.05, 4.69) is 15.9 Å². The molecule has 0 amide bonds. The molecular weight excluding hydrogens is 330 g/mol. The molecule has 0 bridgehead atoms. The van der Waals surface area contributed by atoms with Crippen LogP contribution >= 0.6 is 15.9 Å². The largest absolute Gasteiger partial charge is 0.496 e. The van der Waals surface area contributed by atoms with Crippen LogP contribution < -0.4 is 4.74 Å². The fourth-order valence-corrected chi connectivity index (χ4v) is 2.19. The summed E-state index contributed by atoms with van der Waals surface area (Å²) in [6, 6.07) is 7.08. The molecule has 5 heteroatoms. The van der Waals surface area contributed by atoms with E-state index >= 15 is 0 Å². The van der Waals surface area contributed by atoms with Crippen molar-refractivity contribution in [2.24, 2.45) is 0 Å². The van der Waals surface area contributed by atoms with Gasteiger partial charge in [0, 0.05) is 0 Å². The monoisotopic (exact) mass is 340 g/mol. The van der Waals surface area contributed by atoms with Crippen LogP contribution in [0.2, 0.25) is 0 Å². The number of ether oxygens (including phenoxy) is 1. The second-order valence-electron chi connectivity index (χ2n) is 4.25. The predicted octanol–water partition coefficient (Wildman–Crippen LogP) is 4.28. The fraction of sp³-hybridized carbons (Fsp3) is 0.133. The number of halogens is 3. The first-order chi connectivity index (χ1) is 9.45. The molecule has 0 heterocycles. The fourth-order valence-electron chi connectivity index (χ4n) is 1.86. The van der Waals surface area contributed by atoms with Gasteiger partial charge in [0.2, 0.25) is 5.78 Å². The van der Waals surface area contributed by atoms with Crippen LogP contribution in [0.5, 0.6) is 5.75 Å². The minimum Gasteiger partial charge on any atom is -0.496 e. The van der Waals surface area contributed by atoms with Gasteiger partial charge in [-0.15, -0.1) is 0 Å². The average Bonchev–Trinajstić information content (AvgIpc) is 2.43. The zero-order valence-electron chi connectivity index (χ0n) is 10.8. The summed E-state index contributed by atoms with van der Waals surface area (Å²) in [5.41, 5.74) is 0.407. The van der Waals surface area contributed by atoms with E-state index in [0.29, 0.717) is 0 Å². The molecule has 0 saturated carbocycles. The molecule has 2 aromatic rings. The summed E-state index contributed by atoms with van der Waals surface area (Å²) in [4.78, 5) is 12.4. The Bertz CT molecular complexity index is 684. The number of benzene rings is 2. The van der Waals surface area contributed by atoms with E-state index in [-0.39, 0.29) is 15.8 Å². The maximum Gasteiger partial charge on any atom is 0.202 e. The Morgan fingerprint density at radius 1 is 1.20 bits per heavy atom. The Kier molecular flexibility index (Phi) is 4.18. The number of carbonyl (C=O) groups excluding carboxylic acids is 1. The lowest BCUT2D eigenvalue weighted by molar-refractivity contribution is 0.102. The molecule has 104 valence electrons. The summed E-state index contributed by atoms with van der Waals surface area (Å²) in [6.45, 7) is 1.83. The standard InChI is InChI=1S/C15H11BrF2O2/c1-8-3-4-9(12(7-8)20-2)15(19)13-11(17)6-5-10(16)14(13)18/h3-7H,1-2H3. The van der Waals surface area contributed by atoms with Gasteiger partial charge in [0.05, 0.1) is 22.7 Å². The number of rotatable bonds is 3. The van der Waals surface area contributed by atoms with Gasteiger partial charge in [-0.2, -0.15) is 0 Å². The van der Waals surface area contributed by atoms with Crippen molar-refractivity contribution in [3.8, 4) is 5.75 Å². The van der Waals surface area contributed by atoms with Gasteiger partial charge in [-0.3, -0.25) is 4.79 Å². The molecule has 0 aliphatic heterocycles. The van der Waals surface area contributed by atoms with Gasteiger partial charge in [0.15, 0.2) is 5.82 Å². The first-order valence-corrected chi connectivity index (χ1v) is 6.58. The highest BCUT2D eigenvalue weighted by atomic mass is 79.9. The van der Waals surface area contributed by atoms with Crippen LogP contribution in [0, 0.1) is 18.6 Å². The first kappa shape index (κ1) is 14.7. The predicted molar refractivity (Wildman–Crippen MR) is 75.2 cm³/mol. The van der Waals surface area contributed by atoms with Crippen LogP contribution in [0.1, 0.15) is 21.5 Å². The number of hydrogen-bond acceptors (Lipinski definition) is 2. The smallest absolute Gasteiger partial charge is 0.202 e. The minimum atomic E-state index is -0.919. The normalized spacial score (nSPS) is 10.4. The van der Waals surface area contributed by atoms with Crippen molar-refractivity contribution in [2.75, 3.05) is 7.11 Å². The highest BCUT2D eigenvalue weighted by Gasteiger charge is 2.23. The van der Waals surface area contributed by atoms with Crippen molar-refractivity contribution in [2.45, 2.75) is 6.92 Å². The van der Waals surface area contributed by atoms with Gasteiger partial charge >= 0.3 is 0 Å². The molecule has 0 spiro atoms. The molecule has 0 N–H and O–H groups in total. The summed E-state index contributed by atoms with van der Waals surface area (Å²) in [5.74, 6) is -2.29. The molecule has 0 atom stereocenters. The minimum absolute atomic E-state index is 0.0355. The molecule has 0 fully saturated rings. The topological polar surface area (TPSA) is 26.3 Å². The third-order valence-corrected chi connectivity index (χ3v) is 3.49. The van der Waals surface area contributed by atoms with Crippen molar-refractivity contribution in [3.05, 3.63) is 63.1 Å². The van der Waals surface area contributed by atoms with Crippen LogP contribution in [0.4, 0.5) is 8.78 Å². The molecule has 2 nitrogen and oxygen atoms in total. The van der Waals surface area contributed by atoms with E-state index < -0.39 is 23.0 Å². The van der Waals surface area contributed by atoms with Gasteiger partial charge in [-0.1, -0.05) is 6.07 Å². The Labute approximate surface area is 123 Å². The quantitative estimate of drug-likeness (QED) is 0.615. The van der Waals surface area contributed by atoms with E-state index in [1.165, 1.54) is 19.2 Å². The number of ketones is 1. The number of aryl methyl sites for hydroxylation is 1. The maximum absolute atomic E-state index is 14.0. The summed E-state index contributed by atoms with van der Waals surface area (Å²) >= 11 is 2.94. The molecule has 0 aliphatic carbocycles. The molecule has 2 rings (SSSR count). The van der Waals surface area contributed by atoms with Gasteiger partial charge < -0.3 is 4.74 Å². The van der Waals surface area contributed by atoms with Crippen LogP contribution in [0.25, 0.3) is 0 Å². The number of carbonyl (C=O) groups is 1. The zero-order valence-corrected chi connectivity index (χ0v) is 12.4. The van der Waals surface area contributed by atoms with Gasteiger partial charge in [0.25, 0.3) is 0 Å². The van der Waals surface area contributed by atoms with Crippen molar-refractivity contribution in [1.29, 1.82) is 0 Å². The van der Waals surface area contributed by atoms with Gasteiger partial charge in [-0.25, -0.2) is 8.78 Å². The summed E-state index contributed by atoms with van der Waals surface area (Å²) in [5, 5.41) is 0. The average molecular weight is 341 g/mol. The van der Waals surface area contributed by atoms with Gasteiger partial charge in [0.1, 0.15) is 11.6 Å². The zero-order chi connectivity index (χ0) is 14.9. The maximum atomic E-state index is 14.0. The number of methoxy groups -OCH3 is 1. The van der Waals surface area contributed by atoms with E-state index in [1.807, 2.05) is 6.92 Å².